The minimum atomic E-state index is 0.196. The van der Waals surface area contributed by atoms with Gasteiger partial charge in [-0.15, -0.1) is 0 Å². The van der Waals surface area contributed by atoms with E-state index in [1.54, 1.807) is 0 Å². The molecule has 3 nitrogen and oxygen atoms in total. The molecule has 3 heteroatoms. The maximum absolute atomic E-state index is 8.45. The number of rotatable bonds is 4. The van der Waals surface area contributed by atoms with Crippen LogP contribution in [0.1, 0.15) is 19.4 Å². The summed E-state index contributed by atoms with van der Waals surface area (Å²) >= 11 is 0. The Bertz CT molecular complexity index is 244. The fourth-order valence-corrected chi connectivity index (χ4v) is 1.05. The average molecular weight is 181 g/mol. The van der Waals surface area contributed by atoms with Crippen LogP contribution in [-0.4, -0.2) is 11.3 Å². The normalized spacial score (nSPS) is 10.5. The zero-order valence-corrected chi connectivity index (χ0v) is 7.95. The van der Waals surface area contributed by atoms with Gasteiger partial charge in [-0.05, 0) is 31.5 Å². The summed E-state index contributed by atoms with van der Waals surface area (Å²) in [5, 5.41) is 8.45. The van der Waals surface area contributed by atoms with E-state index >= 15 is 0 Å². The maximum Gasteiger partial charge on any atom is 0.119 e. The first-order chi connectivity index (χ1) is 6.22. The molecular formula is C10H15NO2. The molecule has 1 aromatic rings. The van der Waals surface area contributed by atoms with Crippen LogP contribution in [0.2, 0.25) is 0 Å². The molecule has 0 atom stereocenters. The van der Waals surface area contributed by atoms with Gasteiger partial charge in [-0.2, -0.15) is 0 Å². The quantitative estimate of drug-likeness (QED) is 0.697. The van der Waals surface area contributed by atoms with Gasteiger partial charge in [-0.25, -0.2) is 5.48 Å². The molecule has 0 amide bonds. The van der Waals surface area contributed by atoms with Crippen LogP contribution in [0, 0.1) is 0 Å². The Morgan fingerprint density at radius 1 is 1.31 bits per heavy atom. The lowest BCUT2D eigenvalue weighted by molar-refractivity contribution is 0.161. The Kier molecular flexibility index (Phi) is 3.73. The van der Waals surface area contributed by atoms with E-state index < -0.39 is 0 Å². The van der Waals surface area contributed by atoms with Crippen LogP contribution in [-0.2, 0) is 6.54 Å². The van der Waals surface area contributed by atoms with E-state index in [1.165, 1.54) is 0 Å². The highest BCUT2D eigenvalue weighted by atomic mass is 16.5. The van der Waals surface area contributed by atoms with Crippen molar-refractivity contribution in [3.05, 3.63) is 29.8 Å². The van der Waals surface area contributed by atoms with Gasteiger partial charge in [0, 0.05) is 6.54 Å². The molecule has 0 aliphatic heterocycles. The minimum Gasteiger partial charge on any atom is -0.491 e. The van der Waals surface area contributed by atoms with Gasteiger partial charge in [-0.1, -0.05) is 12.1 Å². The van der Waals surface area contributed by atoms with Crippen LogP contribution < -0.4 is 10.2 Å². The summed E-state index contributed by atoms with van der Waals surface area (Å²) < 4.78 is 5.46. The largest absolute Gasteiger partial charge is 0.491 e. The van der Waals surface area contributed by atoms with E-state index in [-0.39, 0.29) is 6.10 Å². The minimum absolute atomic E-state index is 0.196. The summed E-state index contributed by atoms with van der Waals surface area (Å²) in [7, 11) is 0. The van der Waals surface area contributed by atoms with Crippen LogP contribution in [0.5, 0.6) is 5.75 Å². The van der Waals surface area contributed by atoms with Crippen molar-refractivity contribution in [2.45, 2.75) is 26.5 Å². The van der Waals surface area contributed by atoms with Crippen LogP contribution in [0.25, 0.3) is 0 Å². The number of ether oxygens (including phenoxy) is 1. The van der Waals surface area contributed by atoms with E-state index in [4.69, 9.17) is 9.94 Å². The van der Waals surface area contributed by atoms with Crippen LogP contribution in [0.4, 0.5) is 0 Å². The Morgan fingerprint density at radius 2 is 1.92 bits per heavy atom. The van der Waals surface area contributed by atoms with Gasteiger partial charge in [-0.3, -0.25) is 0 Å². The first kappa shape index (κ1) is 10.0. The van der Waals surface area contributed by atoms with Crippen molar-refractivity contribution in [3.8, 4) is 5.75 Å². The second-order valence-corrected chi connectivity index (χ2v) is 3.15. The molecule has 0 spiro atoms. The molecule has 13 heavy (non-hydrogen) atoms. The highest BCUT2D eigenvalue weighted by Crippen LogP contribution is 2.13. The van der Waals surface area contributed by atoms with E-state index in [0.29, 0.717) is 6.54 Å². The van der Waals surface area contributed by atoms with Crippen molar-refractivity contribution in [2.24, 2.45) is 0 Å². The van der Waals surface area contributed by atoms with E-state index in [9.17, 15) is 0 Å². The molecule has 0 saturated heterocycles. The second-order valence-electron chi connectivity index (χ2n) is 3.15. The molecule has 0 aliphatic carbocycles. The number of hydrogen-bond acceptors (Lipinski definition) is 3. The number of hydrogen-bond donors (Lipinski definition) is 2. The predicted molar refractivity (Wildman–Crippen MR) is 50.8 cm³/mol. The van der Waals surface area contributed by atoms with E-state index in [2.05, 4.69) is 5.48 Å². The Morgan fingerprint density at radius 3 is 2.38 bits per heavy atom. The van der Waals surface area contributed by atoms with Gasteiger partial charge in [0.2, 0.25) is 0 Å². The molecule has 0 aliphatic rings. The maximum atomic E-state index is 8.45. The summed E-state index contributed by atoms with van der Waals surface area (Å²) in [6.07, 6.45) is 0.196. The van der Waals surface area contributed by atoms with Gasteiger partial charge in [0.25, 0.3) is 0 Å². The second kappa shape index (κ2) is 4.84. The SMILES string of the molecule is CC(C)Oc1ccc(CNO)cc1. The lowest BCUT2D eigenvalue weighted by Gasteiger charge is -2.09. The van der Waals surface area contributed by atoms with Crippen molar-refractivity contribution in [2.75, 3.05) is 0 Å². The lowest BCUT2D eigenvalue weighted by Crippen LogP contribution is -2.07. The van der Waals surface area contributed by atoms with Crippen molar-refractivity contribution >= 4 is 0 Å². The Hall–Kier alpha value is -1.06. The van der Waals surface area contributed by atoms with Gasteiger partial charge in [0.15, 0.2) is 0 Å². The average Bonchev–Trinajstić information content (AvgIpc) is 2.08. The Balaban J connectivity index is 2.59. The molecule has 0 fully saturated rings. The highest BCUT2D eigenvalue weighted by Gasteiger charge is 1.97. The van der Waals surface area contributed by atoms with E-state index in [1.807, 2.05) is 38.1 Å². The molecule has 0 heterocycles. The summed E-state index contributed by atoms with van der Waals surface area (Å²) in [5.74, 6) is 0.858. The molecule has 0 unspecified atom stereocenters. The number of benzene rings is 1. The topological polar surface area (TPSA) is 41.5 Å². The molecule has 0 bridgehead atoms. The van der Waals surface area contributed by atoms with Gasteiger partial charge >= 0.3 is 0 Å². The van der Waals surface area contributed by atoms with E-state index in [0.717, 1.165) is 11.3 Å². The molecule has 2 N–H and O–H groups in total. The third-order valence-electron chi connectivity index (χ3n) is 1.58. The lowest BCUT2D eigenvalue weighted by atomic mass is 10.2. The van der Waals surface area contributed by atoms with Crippen LogP contribution >= 0.6 is 0 Å². The summed E-state index contributed by atoms with van der Waals surface area (Å²) in [5.41, 5.74) is 3.13. The highest BCUT2D eigenvalue weighted by molar-refractivity contribution is 5.27. The third kappa shape index (κ3) is 3.44. The van der Waals surface area contributed by atoms with Crippen LogP contribution in [0.15, 0.2) is 24.3 Å². The predicted octanol–water partition coefficient (Wildman–Crippen LogP) is 1.95. The summed E-state index contributed by atoms with van der Waals surface area (Å²) in [4.78, 5) is 0. The van der Waals surface area contributed by atoms with Crippen molar-refractivity contribution in [3.63, 3.8) is 0 Å². The zero-order valence-electron chi connectivity index (χ0n) is 7.95. The van der Waals surface area contributed by atoms with Crippen LogP contribution in [0.3, 0.4) is 0 Å². The molecule has 1 rings (SSSR count). The number of nitrogens with one attached hydrogen (secondary N) is 1. The molecule has 1 aromatic carbocycles. The van der Waals surface area contributed by atoms with Gasteiger partial charge < -0.3 is 9.94 Å². The summed E-state index contributed by atoms with van der Waals surface area (Å²) in [6.45, 7) is 4.44. The van der Waals surface area contributed by atoms with Crippen molar-refractivity contribution < 1.29 is 9.94 Å². The first-order valence-electron chi connectivity index (χ1n) is 4.35. The van der Waals surface area contributed by atoms with Gasteiger partial charge in [0.1, 0.15) is 5.75 Å². The molecule has 0 saturated carbocycles. The molecule has 0 aromatic heterocycles. The zero-order chi connectivity index (χ0) is 9.68. The third-order valence-corrected chi connectivity index (χ3v) is 1.58. The summed E-state index contributed by atoms with van der Waals surface area (Å²) in [6, 6.07) is 7.63. The van der Waals surface area contributed by atoms with Crippen molar-refractivity contribution in [1.29, 1.82) is 0 Å². The standard InChI is InChI=1S/C10H15NO2/c1-8(2)13-10-5-3-9(4-6-10)7-11-12/h3-6,8,11-12H,7H2,1-2H3. The Labute approximate surface area is 78.3 Å². The number of hydroxylamine groups is 1. The first-order valence-corrected chi connectivity index (χ1v) is 4.35. The smallest absolute Gasteiger partial charge is 0.119 e. The molecule has 0 radical (unpaired) electrons. The molecular weight excluding hydrogens is 166 g/mol. The van der Waals surface area contributed by atoms with Crippen molar-refractivity contribution in [1.82, 2.24) is 5.48 Å². The van der Waals surface area contributed by atoms with Gasteiger partial charge in [0.05, 0.1) is 6.10 Å². The fourth-order valence-electron chi connectivity index (χ4n) is 1.05. The molecule has 72 valence electrons. The monoisotopic (exact) mass is 181 g/mol. The fraction of sp³-hybridized carbons (Fsp3) is 0.400.